The van der Waals surface area contributed by atoms with Crippen LogP contribution < -0.4 is 31.7 Å². The maximum absolute atomic E-state index is 12.5. The van der Waals surface area contributed by atoms with Crippen LogP contribution in [0.4, 0.5) is 11.4 Å². The van der Waals surface area contributed by atoms with E-state index in [1.807, 2.05) is 62.3 Å². The Labute approximate surface area is 251 Å². The van der Waals surface area contributed by atoms with Crippen molar-refractivity contribution in [1.29, 1.82) is 0 Å². The molecule has 42 heavy (non-hydrogen) atoms. The molecular weight excluding hydrogens is 576 g/mol. The van der Waals surface area contributed by atoms with Gasteiger partial charge in [0.1, 0.15) is 11.2 Å². The lowest BCUT2D eigenvalue weighted by Crippen LogP contribution is -2.28. The zero-order chi connectivity index (χ0) is 30.2. The lowest BCUT2D eigenvalue weighted by atomic mass is 10.1. The van der Waals surface area contributed by atoms with Gasteiger partial charge in [-0.2, -0.15) is 0 Å². The Morgan fingerprint density at radius 3 is 1.45 bits per heavy atom. The van der Waals surface area contributed by atoms with Gasteiger partial charge in [0, 0.05) is 99.2 Å². The van der Waals surface area contributed by atoms with Crippen molar-refractivity contribution in [1.82, 2.24) is 10.6 Å². The van der Waals surface area contributed by atoms with Crippen LogP contribution in [0.3, 0.4) is 0 Å². The molecule has 0 aliphatic rings. The monoisotopic (exact) mass is 610 g/mol. The first-order valence-electron chi connectivity index (χ1n) is 13.4. The van der Waals surface area contributed by atoms with Crippen molar-refractivity contribution in [3.8, 4) is 0 Å². The minimum absolute atomic E-state index is 0.0860. The normalized spacial score (nSPS) is 11.0. The van der Waals surface area contributed by atoms with Crippen molar-refractivity contribution in [2.75, 3.05) is 62.6 Å². The Morgan fingerprint density at radius 2 is 1.07 bits per heavy atom. The number of rotatable bonds is 13. The molecule has 222 valence electrons. The molecule has 4 aromatic rings. The molecule has 4 rings (SSSR count). The SMILES string of the molecule is CN(C)c1ccc2c(CC(=O)NCCSSCCNC(=O)Cc3cc(=O)oc4cc(N(C)C)ccc34)cc(=O)oc2c1. The van der Waals surface area contributed by atoms with E-state index in [1.165, 1.54) is 12.1 Å². The van der Waals surface area contributed by atoms with Gasteiger partial charge in [-0.05, 0) is 35.4 Å². The van der Waals surface area contributed by atoms with Crippen LogP contribution >= 0.6 is 21.6 Å². The summed E-state index contributed by atoms with van der Waals surface area (Å²) in [5.41, 5.74) is 3.00. The maximum atomic E-state index is 12.5. The third-order valence-electron chi connectivity index (χ3n) is 6.46. The highest BCUT2D eigenvalue weighted by Crippen LogP contribution is 2.24. The molecule has 2 aromatic heterocycles. The van der Waals surface area contributed by atoms with Crippen molar-refractivity contribution in [3.05, 3.63) is 80.5 Å². The van der Waals surface area contributed by atoms with Crippen molar-refractivity contribution in [2.24, 2.45) is 0 Å². The van der Waals surface area contributed by atoms with E-state index in [-0.39, 0.29) is 24.7 Å². The minimum Gasteiger partial charge on any atom is -0.423 e. The number of benzene rings is 2. The molecule has 10 nitrogen and oxygen atoms in total. The van der Waals surface area contributed by atoms with Gasteiger partial charge < -0.3 is 29.3 Å². The topological polar surface area (TPSA) is 125 Å². The molecule has 0 aliphatic heterocycles. The molecule has 2 aromatic carbocycles. The molecule has 0 fully saturated rings. The Morgan fingerprint density at radius 1 is 0.667 bits per heavy atom. The van der Waals surface area contributed by atoms with Crippen molar-refractivity contribution in [3.63, 3.8) is 0 Å². The molecule has 2 N–H and O–H groups in total. The molecule has 0 spiro atoms. The van der Waals surface area contributed by atoms with E-state index >= 15 is 0 Å². The number of anilines is 2. The summed E-state index contributed by atoms with van der Waals surface area (Å²) in [4.78, 5) is 52.9. The second-order valence-electron chi connectivity index (χ2n) is 10.0. The molecule has 2 amide bonds. The van der Waals surface area contributed by atoms with Crippen LogP contribution in [0, 0.1) is 0 Å². The number of carbonyl (C=O) groups excluding carboxylic acids is 2. The highest BCUT2D eigenvalue weighted by atomic mass is 33.1. The summed E-state index contributed by atoms with van der Waals surface area (Å²) in [5.74, 6) is 1.04. The molecule has 0 saturated carbocycles. The predicted octanol–water partition coefficient (Wildman–Crippen LogP) is 3.43. The van der Waals surface area contributed by atoms with Gasteiger partial charge in [-0.3, -0.25) is 9.59 Å². The van der Waals surface area contributed by atoms with Gasteiger partial charge in [0.15, 0.2) is 0 Å². The third kappa shape index (κ3) is 8.32. The average molecular weight is 611 g/mol. The lowest BCUT2D eigenvalue weighted by molar-refractivity contribution is -0.121. The lowest BCUT2D eigenvalue weighted by Gasteiger charge is -2.13. The van der Waals surface area contributed by atoms with Gasteiger partial charge in [-0.25, -0.2) is 9.59 Å². The van der Waals surface area contributed by atoms with E-state index in [0.29, 0.717) is 46.9 Å². The largest absolute Gasteiger partial charge is 0.423 e. The van der Waals surface area contributed by atoms with Crippen LogP contribution in [0.1, 0.15) is 11.1 Å². The van der Waals surface area contributed by atoms with Crippen molar-refractivity contribution < 1.29 is 18.4 Å². The van der Waals surface area contributed by atoms with Gasteiger partial charge in [0.2, 0.25) is 11.8 Å². The number of nitrogens with one attached hydrogen (secondary N) is 2. The quantitative estimate of drug-likeness (QED) is 0.132. The first-order valence-corrected chi connectivity index (χ1v) is 15.9. The van der Waals surface area contributed by atoms with Crippen LogP contribution in [0.15, 0.2) is 67.0 Å². The molecule has 12 heteroatoms. The zero-order valence-electron chi connectivity index (χ0n) is 24.0. The number of hydrogen-bond acceptors (Lipinski definition) is 10. The van der Waals surface area contributed by atoms with Crippen LogP contribution in [-0.4, -0.2) is 64.6 Å². The van der Waals surface area contributed by atoms with Gasteiger partial charge in [0.05, 0.1) is 12.8 Å². The predicted molar refractivity (Wildman–Crippen MR) is 172 cm³/mol. The van der Waals surface area contributed by atoms with E-state index in [4.69, 9.17) is 8.83 Å². The Hall–Kier alpha value is -3.90. The molecule has 0 radical (unpaired) electrons. The number of fused-ring (bicyclic) bond motifs is 2. The number of hydrogen-bond donors (Lipinski definition) is 2. The van der Waals surface area contributed by atoms with Crippen LogP contribution in [0.5, 0.6) is 0 Å². The summed E-state index contributed by atoms with van der Waals surface area (Å²) < 4.78 is 10.7. The summed E-state index contributed by atoms with van der Waals surface area (Å²) >= 11 is 0. The first kappa shape index (κ1) is 31.0. The molecule has 0 unspecified atom stereocenters. The van der Waals surface area contributed by atoms with E-state index in [1.54, 1.807) is 33.7 Å². The van der Waals surface area contributed by atoms with E-state index < -0.39 is 11.3 Å². The third-order valence-corrected chi connectivity index (χ3v) is 8.87. The van der Waals surface area contributed by atoms with E-state index in [0.717, 1.165) is 22.1 Å². The molecule has 0 saturated heterocycles. The summed E-state index contributed by atoms with van der Waals surface area (Å²) in [6.45, 7) is 0.957. The second kappa shape index (κ2) is 14.3. The fourth-order valence-corrected chi connectivity index (χ4v) is 6.15. The molecular formula is C30H34N4O6S2. The summed E-state index contributed by atoms with van der Waals surface area (Å²) in [5, 5.41) is 7.26. The van der Waals surface area contributed by atoms with Gasteiger partial charge in [-0.1, -0.05) is 21.6 Å². The minimum atomic E-state index is -0.485. The van der Waals surface area contributed by atoms with Gasteiger partial charge in [-0.15, -0.1) is 0 Å². The summed E-state index contributed by atoms with van der Waals surface area (Å²) in [6, 6.07) is 13.9. The van der Waals surface area contributed by atoms with Crippen molar-refractivity contribution in [2.45, 2.75) is 12.8 Å². The highest BCUT2D eigenvalue weighted by molar-refractivity contribution is 8.76. The number of nitrogens with zero attached hydrogens (tertiary/aromatic N) is 2. The fourth-order valence-electron chi connectivity index (χ4n) is 4.34. The summed E-state index contributed by atoms with van der Waals surface area (Å²) in [7, 11) is 10.8. The summed E-state index contributed by atoms with van der Waals surface area (Å²) in [6.07, 6.45) is 0.172. The van der Waals surface area contributed by atoms with Crippen LogP contribution in [0.25, 0.3) is 21.9 Å². The standard InChI is InChI=1S/C30H34N4O6S2/c1-33(2)21-5-7-23-19(15-29(37)39-25(23)17-21)13-27(35)31-9-11-41-42-12-10-32-28(36)14-20-16-30(38)40-26-18-22(34(3)4)6-8-24(20)26/h5-8,15-18H,9-14H2,1-4H3,(H,31,35)(H,32,36). The van der Waals surface area contributed by atoms with E-state index in [9.17, 15) is 19.2 Å². The first-order chi connectivity index (χ1) is 20.1. The Kier molecular flexibility index (Phi) is 10.6. The van der Waals surface area contributed by atoms with Gasteiger partial charge in [0.25, 0.3) is 0 Å². The smallest absolute Gasteiger partial charge is 0.336 e. The van der Waals surface area contributed by atoms with Gasteiger partial charge >= 0.3 is 11.3 Å². The fraction of sp³-hybridized carbons (Fsp3) is 0.333. The second-order valence-corrected chi connectivity index (χ2v) is 12.7. The molecule has 2 heterocycles. The number of carbonyl (C=O) groups is 2. The zero-order valence-corrected chi connectivity index (χ0v) is 25.7. The van der Waals surface area contributed by atoms with Crippen LogP contribution in [0.2, 0.25) is 0 Å². The van der Waals surface area contributed by atoms with Crippen molar-refractivity contribution >= 4 is 66.7 Å². The molecule has 0 aliphatic carbocycles. The highest BCUT2D eigenvalue weighted by Gasteiger charge is 2.13. The van der Waals surface area contributed by atoms with Crippen LogP contribution in [-0.2, 0) is 22.4 Å². The Bertz CT molecular complexity index is 1570. The average Bonchev–Trinajstić information content (AvgIpc) is 2.93. The van der Waals surface area contributed by atoms with E-state index in [2.05, 4.69) is 10.6 Å². The Balaban J connectivity index is 1.16. The molecule has 0 atom stereocenters. The number of amides is 2. The molecule has 0 bridgehead atoms. The maximum Gasteiger partial charge on any atom is 0.336 e.